The van der Waals surface area contributed by atoms with Crippen LogP contribution in [0.4, 0.5) is 0 Å². The highest BCUT2D eigenvalue weighted by Crippen LogP contribution is 2.22. The number of nitrogens with zero attached hydrogens (tertiary/aromatic N) is 3. The van der Waals surface area contributed by atoms with E-state index in [-0.39, 0.29) is 0 Å². The van der Waals surface area contributed by atoms with Crippen LogP contribution in [0.3, 0.4) is 0 Å². The van der Waals surface area contributed by atoms with Gasteiger partial charge in [0, 0.05) is 22.0 Å². The number of halogens is 1. The van der Waals surface area contributed by atoms with Gasteiger partial charge in [0.15, 0.2) is 0 Å². The van der Waals surface area contributed by atoms with Gasteiger partial charge in [-0.15, -0.1) is 11.3 Å². The van der Waals surface area contributed by atoms with Gasteiger partial charge >= 0.3 is 0 Å². The van der Waals surface area contributed by atoms with Gasteiger partial charge in [0.05, 0.1) is 11.9 Å². The fraction of sp³-hybridized carbons (Fsp3) is 0.111. The van der Waals surface area contributed by atoms with Crippen LogP contribution in [-0.4, -0.2) is 17.4 Å². The van der Waals surface area contributed by atoms with Crippen LogP contribution in [0, 0.1) is 0 Å². The molecule has 0 atom stereocenters. The van der Waals surface area contributed by atoms with Crippen LogP contribution in [0.15, 0.2) is 74.5 Å². The molecule has 0 saturated heterocycles. The molecule has 3 aromatic rings. The molecule has 0 saturated carbocycles. The van der Waals surface area contributed by atoms with E-state index in [1.165, 1.54) is 0 Å². The molecule has 3 nitrogen and oxygen atoms in total. The van der Waals surface area contributed by atoms with Crippen LogP contribution < -0.4 is 4.80 Å². The Hall–Kier alpha value is -1.98. The molecule has 0 amide bonds. The maximum atomic E-state index is 4.65. The summed E-state index contributed by atoms with van der Waals surface area (Å²) in [6.07, 6.45) is 1.86. The van der Waals surface area contributed by atoms with Gasteiger partial charge in [-0.2, -0.15) is 5.10 Å². The Morgan fingerprint density at radius 2 is 1.83 bits per heavy atom. The van der Waals surface area contributed by atoms with E-state index in [1.807, 2.05) is 60.3 Å². The van der Waals surface area contributed by atoms with Crippen molar-refractivity contribution in [3.05, 3.63) is 74.8 Å². The third-order valence-electron chi connectivity index (χ3n) is 3.24. The Morgan fingerprint density at radius 3 is 2.52 bits per heavy atom. The van der Waals surface area contributed by atoms with Gasteiger partial charge in [0.1, 0.15) is 0 Å². The first kappa shape index (κ1) is 15.9. The number of hydrogen-bond donors (Lipinski definition) is 0. The number of hydrogen-bond acceptors (Lipinski definition) is 3. The Balaban J connectivity index is 2.06. The van der Waals surface area contributed by atoms with Gasteiger partial charge in [-0.25, -0.2) is 4.68 Å². The molecule has 2 aromatic carbocycles. The highest BCUT2D eigenvalue weighted by Gasteiger charge is 2.07. The molecule has 0 radical (unpaired) electrons. The molecule has 116 valence electrons. The largest absolute Gasteiger partial charge is 0.258 e. The molecule has 5 heteroatoms. The second-order valence-corrected chi connectivity index (χ2v) is 6.60. The first-order valence-corrected chi connectivity index (χ1v) is 9.01. The lowest BCUT2D eigenvalue weighted by Crippen LogP contribution is -2.12. The molecule has 0 fully saturated rings. The van der Waals surface area contributed by atoms with Crippen molar-refractivity contribution < 1.29 is 0 Å². The van der Waals surface area contributed by atoms with Gasteiger partial charge in [-0.1, -0.05) is 58.4 Å². The van der Waals surface area contributed by atoms with Crippen molar-refractivity contribution >= 4 is 33.5 Å². The topological polar surface area (TPSA) is 29.6 Å². The highest BCUT2D eigenvalue weighted by molar-refractivity contribution is 9.10. The zero-order valence-corrected chi connectivity index (χ0v) is 15.1. The maximum Gasteiger partial charge on any atom is 0.206 e. The first-order chi connectivity index (χ1) is 11.3. The van der Waals surface area contributed by atoms with Crippen LogP contribution in [0.2, 0.25) is 0 Å². The third kappa shape index (κ3) is 3.86. The van der Waals surface area contributed by atoms with E-state index >= 15 is 0 Å². The SMILES string of the molecule is CCN=c1scc(-c2ccc(Br)cc2)n1N=Cc1ccccc1. The third-order valence-corrected chi connectivity index (χ3v) is 4.62. The lowest BCUT2D eigenvalue weighted by Gasteiger charge is -2.03. The number of aromatic nitrogens is 1. The van der Waals surface area contributed by atoms with E-state index in [0.717, 1.165) is 32.6 Å². The van der Waals surface area contributed by atoms with Gasteiger partial charge in [0.2, 0.25) is 4.80 Å². The minimum Gasteiger partial charge on any atom is -0.258 e. The number of thiazole rings is 1. The van der Waals surface area contributed by atoms with E-state index < -0.39 is 0 Å². The summed E-state index contributed by atoms with van der Waals surface area (Å²) >= 11 is 5.08. The van der Waals surface area contributed by atoms with E-state index in [2.05, 4.69) is 43.5 Å². The van der Waals surface area contributed by atoms with E-state index in [4.69, 9.17) is 0 Å². The number of rotatable bonds is 4. The molecule has 0 aliphatic rings. The van der Waals surface area contributed by atoms with Gasteiger partial charge in [-0.3, -0.25) is 4.99 Å². The van der Waals surface area contributed by atoms with E-state index in [1.54, 1.807) is 11.3 Å². The average molecular weight is 386 g/mol. The monoisotopic (exact) mass is 385 g/mol. The average Bonchev–Trinajstić information content (AvgIpc) is 2.98. The molecule has 1 heterocycles. The summed E-state index contributed by atoms with van der Waals surface area (Å²) in [5.74, 6) is 0. The van der Waals surface area contributed by atoms with Crippen LogP contribution in [-0.2, 0) is 0 Å². The molecule has 1 aromatic heterocycles. The second-order valence-electron chi connectivity index (χ2n) is 4.85. The van der Waals surface area contributed by atoms with Crippen LogP contribution in [0.1, 0.15) is 12.5 Å². The maximum absolute atomic E-state index is 4.65. The van der Waals surface area contributed by atoms with Crippen molar-refractivity contribution in [3.8, 4) is 11.3 Å². The minimum absolute atomic E-state index is 0.737. The molecule has 0 bridgehead atoms. The van der Waals surface area contributed by atoms with Crippen molar-refractivity contribution in [3.63, 3.8) is 0 Å². The van der Waals surface area contributed by atoms with E-state index in [0.29, 0.717) is 0 Å². The zero-order valence-electron chi connectivity index (χ0n) is 12.7. The second kappa shape index (κ2) is 7.53. The van der Waals surface area contributed by atoms with Crippen molar-refractivity contribution in [1.29, 1.82) is 0 Å². The quantitative estimate of drug-likeness (QED) is 0.578. The Kier molecular flexibility index (Phi) is 5.20. The number of benzene rings is 2. The standard InChI is InChI=1S/C18H16BrN3S/c1-2-20-18-22(21-12-14-6-4-3-5-7-14)17(13-23-18)15-8-10-16(19)11-9-15/h3-13H,2H2,1H3. The van der Waals surface area contributed by atoms with Gasteiger partial charge in [-0.05, 0) is 24.6 Å². The molecular formula is C18H16BrN3S. The lowest BCUT2D eigenvalue weighted by atomic mass is 10.2. The molecule has 0 spiro atoms. The van der Waals surface area contributed by atoms with Gasteiger partial charge in [0.25, 0.3) is 0 Å². The summed E-state index contributed by atoms with van der Waals surface area (Å²) in [6.45, 7) is 2.77. The first-order valence-electron chi connectivity index (χ1n) is 7.34. The molecule has 0 aliphatic carbocycles. The summed E-state index contributed by atoms with van der Waals surface area (Å²) in [7, 11) is 0. The Morgan fingerprint density at radius 1 is 1.09 bits per heavy atom. The van der Waals surface area contributed by atoms with Crippen LogP contribution >= 0.6 is 27.3 Å². The molecule has 0 N–H and O–H groups in total. The summed E-state index contributed by atoms with van der Waals surface area (Å²) in [5.41, 5.74) is 3.23. The molecule has 0 aliphatic heterocycles. The summed E-state index contributed by atoms with van der Waals surface area (Å²) in [5, 5.41) is 6.75. The smallest absolute Gasteiger partial charge is 0.206 e. The summed E-state index contributed by atoms with van der Waals surface area (Å²) in [4.78, 5) is 5.44. The van der Waals surface area contributed by atoms with Crippen LogP contribution in [0.5, 0.6) is 0 Å². The predicted molar refractivity (Wildman–Crippen MR) is 101 cm³/mol. The summed E-state index contributed by atoms with van der Waals surface area (Å²) < 4.78 is 2.97. The lowest BCUT2D eigenvalue weighted by molar-refractivity contribution is 0.833. The Labute approximate surface area is 147 Å². The molecule has 3 rings (SSSR count). The highest BCUT2D eigenvalue weighted by atomic mass is 79.9. The normalized spacial score (nSPS) is 12.2. The van der Waals surface area contributed by atoms with Crippen LogP contribution in [0.25, 0.3) is 11.3 Å². The van der Waals surface area contributed by atoms with Crippen molar-refractivity contribution in [2.24, 2.45) is 10.1 Å². The van der Waals surface area contributed by atoms with Crippen molar-refractivity contribution in [2.75, 3.05) is 6.54 Å². The summed E-state index contributed by atoms with van der Waals surface area (Å²) in [6, 6.07) is 18.3. The van der Waals surface area contributed by atoms with Gasteiger partial charge < -0.3 is 0 Å². The molecule has 0 unspecified atom stereocenters. The van der Waals surface area contributed by atoms with Crippen molar-refractivity contribution in [1.82, 2.24) is 4.68 Å². The fourth-order valence-electron chi connectivity index (χ4n) is 2.14. The van der Waals surface area contributed by atoms with E-state index in [9.17, 15) is 0 Å². The minimum atomic E-state index is 0.737. The predicted octanol–water partition coefficient (Wildman–Crippen LogP) is 4.78. The fourth-order valence-corrected chi connectivity index (χ4v) is 3.30. The zero-order chi connectivity index (χ0) is 16.1. The molecular weight excluding hydrogens is 370 g/mol. The molecule has 23 heavy (non-hydrogen) atoms. The van der Waals surface area contributed by atoms with Crippen molar-refractivity contribution in [2.45, 2.75) is 6.92 Å². The Bertz CT molecular complexity index is 861.